The second kappa shape index (κ2) is 10.3. The van der Waals surface area contributed by atoms with Crippen molar-refractivity contribution < 1.29 is 22.0 Å². The number of sulfonamides is 1. The van der Waals surface area contributed by atoms with Crippen molar-refractivity contribution in [2.75, 3.05) is 30.2 Å². The van der Waals surface area contributed by atoms with Crippen LogP contribution in [0.15, 0.2) is 18.2 Å². The lowest BCUT2D eigenvalue weighted by Crippen LogP contribution is -2.48. The minimum atomic E-state index is -3.88. The summed E-state index contributed by atoms with van der Waals surface area (Å²) in [5.41, 5.74) is -0.0897. The highest BCUT2D eigenvalue weighted by Gasteiger charge is 2.29. The number of piperidine rings is 1. The van der Waals surface area contributed by atoms with Crippen LogP contribution in [0, 0.1) is 11.6 Å². The molecule has 0 bridgehead atoms. The molecule has 1 N–H and O–H groups in total. The van der Waals surface area contributed by atoms with E-state index in [1.165, 1.54) is 26.2 Å². The molecule has 1 aromatic carbocycles. The van der Waals surface area contributed by atoms with Crippen LogP contribution < -0.4 is 9.62 Å². The van der Waals surface area contributed by atoms with E-state index in [-0.39, 0.29) is 5.69 Å². The lowest BCUT2D eigenvalue weighted by Gasteiger charge is -2.35. The predicted octanol–water partition coefficient (Wildman–Crippen LogP) is 2.89. The van der Waals surface area contributed by atoms with Gasteiger partial charge in [-0.3, -0.25) is 9.10 Å². The lowest BCUT2D eigenvalue weighted by atomic mass is 10.00. The van der Waals surface area contributed by atoms with Crippen molar-refractivity contribution in [3.63, 3.8) is 0 Å². The molecule has 1 aromatic rings. The minimum absolute atomic E-state index is 0.0897. The lowest BCUT2D eigenvalue weighted by molar-refractivity contribution is -0.121. The molecule has 0 radical (unpaired) electrons. The first-order chi connectivity index (χ1) is 13.6. The van der Waals surface area contributed by atoms with E-state index < -0.39 is 33.6 Å². The predicted molar refractivity (Wildman–Crippen MR) is 110 cm³/mol. The summed E-state index contributed by atoms with van der Waals surface area (Å²) in [6.07, 6.45) is 6.46. The van der Waals surface area contributed by atoms with Gasteiger partial charge in [0.05, 0.1) is 11.9 Å². The SMILES string of the molecule is CC[C@@H]1CCCCN1CCCNC(=O)[C@H](C)N(c1ccc(F)c(F)c1)S(C)(=O)=O. The Morgan fingerprint density at radius 3 is 2.66 bits per heavy atom. The van der Waals surface area contributed by atoms with Crippen molar-refractivity contribution in [2.45, 2.75) is 58.0 Å². The summed E-state index contributed by atoms with van der Waals surface area (Å²) in [4.78, 5) is 15.0. The first-order valence-corrected chi connectivity index (χ1v) is 12.0. The largest absolute Gasteiger partial charge is 0.354 e. The van der Waals surface area contributed by atoms with Gasteiger partial charge in [-0.1, -0.05) is 13.3 Å². The molecule has 1 aliphatic heterocycles. The Bertz CT molecular complexity index is 804. The Labute approximate surface area is 172 Å². The van der Waals surface area contributed by atoms with Crippen LogP contribution in [0.5, 0.6) is 0 Å². The smallest absolute Gasteiger partial charge is 0.243 e. The van der Waals surface area contributed by atoms with Gasteiger partial charge >= 0.3 is 0 Å². The number of carbonyl (C=O) groups excluding carboxylic acids is 1. The maximum atomic E-state index is 13.6. The van der Waals surface area contributed by atoms with Gasteiger partial charge in [0.2, 0.25) is 15.9 Å². The number of nitrogens with zero attached hydrogens (tertiary/aromatic N) is 2. The fourth-order valence-electron chi connectivity index (χ4n) is 3.89. The third-order valence-electron chi connectivity index (χ3n) is 5.39. The summed E-state index contributed by atoms with van der Waals surface area (Å²) in [5.74, 6) is -2.73. The van der Waals surface area contributed by atoms with Crippen molar-refractivity contribution in [3.8, 4) is 0 Å². The number of hydrogen-bond acceptors (Lipinski definition) is 4. The number of amides is 1. The van der Waals surface area contributed by atoms with E-state index in [1.807, 2.05) is 0 Å². The Hall–Kier alpha value is -1.74. The number of anilines is 1. The Kier molecular flexibility index (Phi) is 8.39. The molecule has 2 rings (SSSR count). The highest BCUT2D eigenvalue weighted by Crippen LogP contribution is 2.23. The molecule has 1 fully saturated rings. The molecule has 1 saturated heterocycles. The van der Waals surface area contributed by atoms with Crippen molar-refractivity contribution in [1.29, 1.82) is 0 Å². The summed E-state index contributed by atoms with van der Waals surface area (Å²) in [6.45, 7) is 5.98. The van der Waals surface area contributed by atoms with Crippen LogP contribution in [-0.2, 0) is 14.8 Å². The van der Waals surface area contributed by atoms with Crippen molar-refractivity contribution >= 4 is 21.6 Å². The average molecular weight is 432 g/mol. The van der Waals surface area contributed by atoms with Crippen LogP contribution in [0.25, 0.3) is 0 Å². The van der Waals surface area contributed by atoms with Crippen LogP contribution in [0.3, 0.4) is 0 Å². The van der Waals surface area contributed by atoms with Gasteiger partial charge in [0.25, 0.3) is 0 Å². The first kappa shape index (κ1) is 23.5. The van der Waals surface area contributed by atoms with Crippen LogP contribution in [0.1, 0.15) is 46.0 Å². The average Bonchev–Trinajstić information content (AvgIpc) is 2.67. The Morgan fingerprint density at radius 1 is 1.31 bits per heavy atom. The molecule has 2 atom stereocenters. The molecule has 1 amide bonds. The summed E-state index contributed by atoms with van der Waals surface area (Å²) in [5, 5.41) is 2.76. The van der Waals surface area contributed by atoms with Gasteiger partial charge in [0.1, 0.15) is 6.04 Å². The minimum Gasteiger partial charge on any atom is -0.354 e. The summed E-state index contributed by atoms with van der Waals surface area (Å²) in [6, 6.07) is 2.27. The van der Waals surface area contributed by atoms with Crippen LogP contribution in [0.4, 0.5) is 14.5 Å². The number of halogens is 2. The molecule has 0 aliphatic carbocycles. The highest BCUT2D eigenvalue weighted by atomic mass is 32.2. The standard InChI is InChI=1S/C20H31F2N3O3S/c1-4-16-8-5-6-12-24(16)13-7-11-23-20(26)15(2)25(29(3,27)28)17-9-10-18(21)19(22)14-17/h9-10,14-16H,4-8,11-13H2,1-3H3,(H,23,26)/t15-,16+/m0/s1. The third-order valence-corrected chi connectivity index (χ3v) is 6.63. The molecule has 9 heteroatoms. The van der Waals surface area contributed by atoms with Crippen LogP contribution in [-0.4, -0.2) is 57.2 Å². The number of likely N-dealkylation sites (tertiary alicyclic amines) is 1. The van der Waals surface area contributed by atoms with Crippen molar-refractivity contribution in [2.24, 2.45) is 0 Å². The zero-order chi connectivity index (χ0) is 21.6. The maximum Gasteiger partial charge on any atom is 0.243 e. The molecule has 1 heterocycles. The number of carbonyl (C=O) groups is 1. The van der Waals surface area contributed by atoms with Crippen LogP contribution >= 0.6 is 0 Å². The van der Waals surface area contributed by atoms with Gasteiger partial charge in [0, 0.05) is 25.2 Å². The second-order valence-electron chi connectivity index (χ2n) is 7.57. The van der Waals surface area contributed by atoms with E-state index >= 15 is 0 Å². The van der Waals surface area contributed by atoms with Gasteiger partial charge < -0.3 is 10.2 Å². The summed E-state index contributed by atoms with van der Waals surface area (Å²) < 4.78 is 52.0. The molecule has 0 unspecified atom stereocenters. The van der Waals surface area contributed by atoms with Crippen molar-refractivity contribution in [1.82, 2.24) is 10.2 Å². The second-order valence-corrected chi connectivity index (χ2v) is 9.43. The van der Waals surface area contributed by atoms with E-state index in [1.54, 1.807) is 0 Å². The normalized spacial score (nSPS) is 19.0. The third kappa shape index (κ3) is 6.37. The van der Waals surface area contributed by atoms with Gasteiger partial charge in [-0.2, -0.15) is 0 Å². The fraction of sp³-hybridized carbons (Fsp3) is 0.650. The number of rotatable bonds is 9. The van der Waals surface area contributed by atoms with E-state index in [9.17, 15) is 22.0 Å². The van der Waals surface area contributed by atoms with Crippen LogP contribution in [0.2, 0.25) is 0 Å². The molecule has 0 spiro atoms. The molecule has 29 heavy (non-hydrogen) atoms. The summed E-state index contributed by atoms with van der Waals surface area (Å²) >= 11 is 0. The van der Waals surface area contributed by atoms with E-state index in [4.69, 9.17) is 0 Å². The van der Waals surface area contributed by atoms with Crippen molar-refractivity contribution in [3.05, 3.63) is 29.8 Å². The zero-order valence-electron chi connectivity index (χ0n) is 17.3. The Morgan fingerprint density at radius 2 is 2.03 bits per heavy atom. The van der Waals surface area contributed by atoms with E-state index in [0.29, 0.717) is 12.6 Å². The Balaban J connectivity index is 1.96. The fourth-order valence-corrected chi connectivity index (χ4v) is 5.06. The molecule has 1 aliphatic rings. The van der Waals surface area contributed by atoms with Gasteiger partial charge in [-0.25, -0.2) is 17.2 Å². The quantitative estimate of drug-likeness (QED) is 0.611. The van der Waals surface area contributed by atoms with Gasteiger partial charge in [0.15, 0.2) is 11.6 Å². The monoisotopic (exact) mass is 431 g/mol. The highest BCUT2D eigenvalue weighted by molar-refractivity contribution is 7.92. The molecule has 6 nitrogen and oxygen atoms in total. The van der Waals surface area contributed by atoms with Gasteiger partial charge in [-0.05, 0) is 51.3 Å². The van der Waals surface area contributed by atoms with Gasteiger partial charge in [-0.15, -0.1) is 0 Å². The molecular formula is C20H31F2N3O3S. The maximum absolute atomic E-state index is 13.6. The molecular weight excluding hydrogens is 400 g/mol. The first-order valence-electron chi connectivity index (χ1n) is 10.1. The molecule has 164 valence electrons. The van der Waals surface area contributed by atoms with E-state index in [0.717, 1.165) is 54.7 Å². The summed E-state index contributed by atoms with van der Waals surface area (Å²) in [7, 11) is -3.88. The number of benzene rings is 1. The molecule has 0 aromatic heterocycles. The molecule has 0 saturated carbocycles. The van der Waals surface area contributed by atoms with E-state index in [2.05, 4.69) is 17.1 Å². The topological polar surface area (TPSA) is 69.7 Å². The zero-order valence-corrected chi connectivity index (χ0v) is 18.1. The number of nitrogens with one attached hydrogen (secondary N) is 1. The number of hydrogen-bond donors (Lipinski definition) is 1.